The summed E-state index contributed by atoms with van der Waals surface area (Å²) in [4.78, 5) is 8.73. The molecule has 6 heteroatoms. The molecule has 2 rings (SSSR count). The second-order valence-corrected chi connectivity index (χ2v) is 7.48. The summed E-state index contributed by atoms with van der Waals surface area (Å²) in [6.07, 6.45) is 0. The number of aromatic nitrogens is 2. The summed E-state index contributed by atoms with van der Waals surface area (Å²) in [5.74, 6) is 5.68. The first-order chi connectivity index (χ1) is 8.65. The van der Waals surface area contributed by atoms with Crippen molar-refractivity contribution in [3.05, 3.63) is 17.0 Å². The smallest absolute Gasteiger partial charge is 0.135 e. The number of anilines is 1. The van der Waals surface area contributed by atoms with Gasteiger partial charge in [0.05, 0.1) is 0 Å². The topological polar surface area (TPSA) is 37.8 Å². The average Bonchev–Trinajstić information content (AvgIpc) is 2.37. The van der Waals surface area contributed by atoms with Crippen LogP contribution in [-0.4, -0.2) is 39.0 Å². The Morgan fingerprint density at radius 1 is 1.44 bits per heavy atom. The van der Waals surface area contributed by atoms with Crippen molar-refractivity contribution >= 4 is 40.9 Å². The van der Waals surface area contributed by atoms with E-state index in [4.69, 9.17) is 11.6 Å². The van der Waals surface area contributed by atoms with Crippen LogP contribution in [-0.2, 0) is 0 Å². The van der Waals surface area contributed by atoms with E-state index in [9.17, 15) is 0 Å². The van der Waals surface area contributed by atoms with Gasteiger partial charge in [0.1, 0.15) is 16.8 Å². The lowest BCUT2D eigenvalue weighted by molar-refractivity contribution is 0.774. The van der Waals surface area contributed by atoms with E-state index in [1.165, 1.54) is 17.3 Å². The van der Waals surface area contributed by atoms with Gasteiger partial charge in [0.2, 0.25) is 0 Å². The molecular weight excluding hydrogens is 286 g/mol. The SMILES string of the molecule is CC(C)c1nc(Cl)cc(NCC2CSCCS2)n1. The average molecular weight is 304 g/mol. The van der Waals surface area contributed by atoms with E-state index in [-0.39, 0.29) is 0 Å². The van der Waals surface area contributed by atoms with Crippen molar-refractivity contribution in [1.29, 1.82) is 0 Å². The van der Waals surface area contributed by atoms with E-state index in [1.807, 2.05) is 23.5 Å². The molecule has 0 aromatic carbocycles. The minimum atomic E-state index is 0.295. The maximum absolute atomic E-state index is 6.02. The molecule has 1 aromatic rings. The van der Waals surface area contributed by atoms with Gasteiger partial charge in [-0.3, -0.25) is 0 Å². The fourth-order valence-corrected chi connectivity index (χ4v) is 4.46. The molecule has 1 N–H and O–H groups in total. The molecule has 1 atom stereocenters. The van der Waals surface area contributed by atoms with Crippen LogP contribution in [0.2, 0.25) is 5.15 Å². The monoisotopic (exact) mass is 303 g/mol. The molecule has 0 saturated carbocycles. The zero-order valence-corrected chi connectivity index (χ0v) is 13.0. The molecule has 0 bridgehead atoms. The third-order valence-electron chi connectivity index (χ3n) is 2.62. The summed E-state index contributed by atoms with van der Waals surface area (Å²) in [5.41, 5.74) is 0. The maximum Gasteiger partial charge on any atom is 0.135 e. The van der Waals surface area contributed by atoms with Gasteiger partial charge in [-0.2, -0.15) is 23.5 Å². The van der Waals surface area contributed by atoms with Crippen molar-refractivity contribution in [1.82, 2.24) is 9.97 Å². The van der Waals surface area contributed by atoms with Crippen LogP contribution in [0, 0.1) is 0 Å². The van der Waals surface area contributed by atoms with Gasteiger partial charge in [-0.25, -0.2) is 9.97 Å². The van der Waals surface area contributed by atoms with Gasteiger partial charge in [0.15, 0.2) is 0 Å². The number of nitrogens with one attached hydrogen (secondary N) is 1. The van der Waals surface area contributed by atoms with Gasteiger partial charge in [0, 0.05) is 41.0 Å². The molecule has 1 aliphatic rings. The second kappa shape index (κ2) is 6.87. The summed E-state index contributed by atoms with van der Waals surface area (Å²) in [6.45, 7) is 5.09. The molecule has 0 amide bonds. The summed E-state index contributed by atoms with van der Waals surface area (Å²) in [6, 6.07) is 1.80. The minimum Gasteiger partial charge on any atom is -0.369 e. The third kappa shape index (κ3) is 4.21. The Kier molecular flexibility index (Phi) is 5.45. The number of halogens is 1. The van der Waals surface area contributed by atoms with Crippen molar-refractivity contribution in [2.45, 2.75) is 25.0 Å². The van der Waals surface area contributed by atoms with Gasteiger partial charge >= 0.3 is 0 Å². The van der Waals surface area contributed by atoms with Gasteiger partial charge in [-0.1, -0.05) is 25.4 Å². The normalized spacial score (nSPS) is 20.1. The number of rotatable bonds is 4. The molecule has 1 aromatic heterocycles. The van der Waals surface area contributed by atoms with Crippen molar-refractivity contribution in [3.63, 3.8) is 0 Å². The van der Waals surface area contributed by atoms with E-state index in [0.717, 1.165) is 18.2 Å². The standard InChI is InChI=1S/C12H18ClN3S2/c1-8(2)12-15-10(13)5-11(16-12)14-6-9-7-17-3-4-18-9/h5,8-9H,3-4,6-7H2,1-2H3,(H,14,15,16). The Morgan fingerprint density at radius 2 is 2.28 bits per heavy atom. The third-order valence-corrected chi connectivity index (χ3v) is 5.66. The Labute approximate surface area is 122 Å². The quantitative estimate of drug-likeness (QED) is 0.862. The number of hydrogen-bond donors (Lipinski definition) is 1. The molecule has 0 radical (unpaired) electrons. The molecule has 0 spiro atoms. The highest BCUT2D eigenvalue weighted by Crippen LogP contribution is 2.24. The van der Waals surface area contributed by atoms with Crippen molar-refractivity contribution in [2.24, 2.45) is 0 Å². The van der Waals surface area contributed by atoms with E-state index in [2.05, 4.69) is 29.1 Å². The Hall–Kier alpha value is -0.130. The molecular formula is C12H18ClN3S2. The lowest BCUT2D eigenvalue weighted by Crippen LogP contribution is -2.23. The van der Waals surface area contributed by atoms with Gasteiger partial charge in [0.25, 0.3) is 0 Å². The van der Waals surface area contributed by atoms with Crippen LogP contribution in [0.5, 0.6) is 0 Å². The summed E-state index contributed by atoms with van der Waals surface area (Å²) in [5, 5.41) is 4.56. The number of thioether (sulfide) groups is 2. The molecule has 1 unspecified atom stereocenters. The highest BCUT2D eigenvalue weighted by molar-refractivity contribution is 8.06. The van der Waals surface area contributed by atoms with Crippen LogP contribution in [0.1, 0.15) is 25.6 Å². The highest BCUT2D eigenvalue weighted by Gasteiger charge is 2.14. The Bertz CT molecular complexity index is 395. The Morgan fingerprint density at radius 3 is 2.94 bits per heavy atom. The molecule has 0 aliphatic carbocycles. The van der Waals surface area contributed by atoms with Crippen LogP contribution in [0.3, 0.4) is 0 Å². The molecule has 2 heterocycles. The lowest BCUT2D eigenvalue weighted by atomic mass is 10.2. The molecule has 3 nitrogen and oxygen atoms in total. The largest absolute Gasteiger partial charge is 0.369 e. The van der Waals surface area contributed by atoms with Crippen LogP contribution in [0.4, 0.5) is 5.82 Å². The molecule has 1 saturated heterocycles. The van der Waals surface area contributed by atoms with E-state index in [1.54, 1.807) is 6.07 Å². The Balaban J connectivity index is 1.95. The first kappa shape index (κ1) is 14.3. The predicted molar refractivity (Wildman–Crippen MR) is 83.2 cm³/mol. The van der Waals surface area contributed by atoms with Crippen LogP contribution in [0.25, 0.3) is 0 Å². The zero-order chi connectivity index (χ0) is 13.0. The molecule has 1 fully saturated rings. The second-order valence-electron chi connectivity index (χ2n) is 4.54. The van der Waals surface area contributed by atoms with Crippen LogP contribution in [0.15, 0.2) is 6.07 Å². The van der Waals surface area contributed by atoms with Crippen molar-refractivity contribution in [3.8, 4) is 0 Å². The van der Waals surface area contributed by atoms with Crippen molar-refractivity contribution in [2.75, 3.05) is 29.1 Å². The summed E-state index contributed by atoms with van der Waals surface area (Å²) in [7, 11) is 0. The lowest BCUT2D eigenvalue weighted by Gasteiger charge is -2.21. The van der Waals surface area contributed by atoms with Crippen LogP contribution >= 0.6 is 35.1 Å². The summed E-state index contributed by atoms with van der Waals surface area (Å²) < 4.78 is 0. The minimum absolute atomic E-state index is 0.295. The maximum atomic E-state index is 6.02. The number of hydrogen-bond acceptors (Lipinski definition) is 5. The van der Waals surface area contributed by atoms with E-state index in [0.29, 0.717) is 16.3 Å². The molecule has 1 aliphatic heterocycles. The van der Waals surface area contributed by atoms with Gasteiger partial charge in [-0.15, -0.1) is 0 Å². The fraction of sp³-hybridized carbons (Fsp3) is 0.667. The first-order valence-electron chi connectivity index (χ1n) is 6.13. The first-order valence-corrected chi connectivity index (χ1v) is 8.71. The van der Waals surface area contributed by atoms with Gasteiger partial charge < -0.3 is 5.32 Å². The van der Waals surface area contributed by atoms with E-state index < -0.39 is 0 Å². The molecule has 18 heavy (non-hydrogen) atoms. The predicted octanol–water partition coefficient (Wildman–Crippen LogP) is 3.51. The van der Waals surface area contributed by atoms with E-state index >= 15 is 0 Å². The summed E-state index contributed by atoms with van der Waals surface area (Å²) >= 11 is 10.1. The van der Waals surface area contributed by atoms with Crippen LogP contribution < -0.4 is 5.32 Å². The van der Waals surface area contributed by atoms with Crippen molar-refractivity contribution < 1.29 is 0 Å². The number of nitrogens with zero attached hydrogens (tertiary/aromatic N) is 2. The highest BCUT2D eigenvalue weighted by atomic mass is 35.5. The van der Waals surface area contributed by atoms with Gasteiger partial charge in [-0.05, 0) is 0 Å². The fourth-order valence-electron chi connectivity index (χ4n) is 1.66. The molecule has 100 valence electrons. The zero-order valence-electron chi connectivity index (χ0n) is 10.6.